The van der Waals surface area contributed by atoms with Crippen molar-refractivity contribution in [1.29, 1.82) is 0 Å². The molecule has 0 fully saturated rings. The van der Waals surface area contributed by atoms with Gasteiger partial charge in [-0.1, -0.05) is 79.3 Å². The minimum atomic E-state index is -0.736. The van der Waals surface area contributed by atoms with Crippen LogP contribution in [0, 0.1) is 0 Å². The highest BCUT2D eigenvalue weighted by molar-refractivity contribution is 9.10. The number of hydrogen-bond donors (Lipinski definition) is 0. The molecule has 0 saturated carbocycles. The average molecular weight is 389 g/mol. The van der Waals surface area contributed by atoms with Crippen LogP contribution in [0.25, 0.3) is 12.2 Å². The third kappa shape index (κ3) is 5.67. The standard InChI is InChI=1S/C20H25BrOSi/c1-20(2,23(3)4)15-22-19-10-6-8-17(14-19)12-11-16-7-5-9-18(21)13-16/h5-14,23H,15H2,1-4H3/b12-11+. The van der Waals surface area contributed by atoms with Crippen molar-refractivity contribution in [2.45, 2.75) is 32.0 Å². The van der Waals surface area contributed by atoms with Crippen LogP contribution in [0.5, 0.6) is 5.75 Å². The predicted molar refractivity (Wildman–Crippen MR) is 108 cm³/mol. The zero-order chi connectivity index (χ0) is 16.9. The van der Waals surface area contributed by atoms with Gasteiger partial charge in [0.2, 0.25) is 0 Å². The molecule has 0 saturated heterocycles. The van der Waals surface area contributed by atoms with Gasteiger partial charge in [-0.05, 0) is 40.4 Å². The molecule has 2 rings (SSSR count). The van der Waals surface area contributed by atoms with Crippen molar-refractivity contribution in [2.75, 3.05) is 6.61 Å². The monoisotopic (exact) mass is 388 g/mol. The van der Waals surface area contributed by atoms with Gasteiger partial charge in [-0.15, -0.1) is 0 Å². The Morgan fingerprint density at radius 3 is 2.22 bits per heavy atom. The van der Waals surface area contributed by atoms with Crippen LogP contribution in [0.3, 0.4) is 0 Å². The van der Waals surface area contributed by atoms with Crippen LogP contribution in [0.2, 0.25) is 18.1 Å². The maximum atomic E-state index is 6.04. The molecule has 122 valence electrons. The van der Waals surface area contributed by atoms with E-state index < -0.39 is 8.80 Å². The second-order valence-electron chi connectivity index (χ2n) is 6.89. The van der Waals surface area contributed by atoms with Crippen molar-refractivity contribution < 1.29 is 4.74 Å². The number of hydrogen-bond acceptors (Lipinski definition) is 1. The Labute approximate surface area is 150 Å². The Morgan fingerprint density at radius 1 is 1.00 bits per heavy atom. The van der Waals surface area contributed by atoms with E-state index in [0.29, 0.717) is 5.04 Å². The van der Waals surface area contributed by atoms with Crippen LogP contribution >= 0.6 is 15.9 Å². The molecule has 0 aromatic heterocycles. The largest absolute Gasteiger partial charge is 0.493 e. The third-order valence-corrected chi connectivity index (χ3v) is 8.13. The van der Waals surface area contributed by atoms with Crippen molar-refractivity contribution in [3.05, 3.63) is 64.1 Å². The van der Waals surface area contributed by atoms with Crippen LogP contribution in [0.1, 0.15) is 25.0 Å². The van der Waals surface area contributed by atoms with Crippen molar-refractivity contribution in [1.82, 2.24) is 0 Å². The highest BCUT2D eigenvalue weighted by Gasteiger charge is 2.24. The fraction of sp³-hybridized carbons (Fsp3) is 0.300. The quantitative estimate of drug-likeness (QED) is 0.418. The minimum Gasteiger partial charge on any atom is -0.493 e. The summed E-state index contributed by atoms with van der Waals surface area (Å²) in [5.74, 6) is 0.948. The molecule has 2 aromatic rings. The molecule has 0 atom stereocenters. The zero-order valence-electron chi connectivity index (χ0n) is 14.3. The molecule has 0 bridgehead atoms. The average Bonchev–Trinajstić information content (AvgIpc) is 2.51. The first kappa shape index (κ1) is 18.0. The maximum Gasteiger partial charge on any atom is 0.119 e. The highest BCUT2D eigenvalue weighted by Crippen LogP contribution is 2.29. The van der Waals surface area contributed by atoms with Gasteiger partial charge in [0.25, 0.3) is 0 Å². The smallest absolute Gasteiger partial charge is 0.119 e. The summed E-state index contributed by atoms with van der Waals surface area (Å²) in [6.07, 6.45) is 4.24. The summed E-state index contributed by atoms with van der Waals surface area (Å²) in [6.45, 7) is 10.2. The summed E-state index contributed by atoms with van der Waals surface area (Å²) in [7, 11) is -0.736. The minimum absolute atomic E-state index is 0.308. The van der Waals surface area contributed by atoms with Gasteiger partial charge in [0.05, 0.1) is 6.61 Å². The van der Waals surface area contributed by atoms with Crippen LogP contribution < -0.4 is 4.74 Å². The molecular weight excluding hydrogens is 364 g/mol. The van der Waals surface area contributed by atoms with Gasteiger partial charge < -0.3 is 4.74 Å². The van der Waals surface area contributed by atoms with Crippen LogP contribution in [0.15, 0.2) is 53.0 Å². The fourth-order valence-corrected chi connectivity index (χ4v) is 2.78. The molecule has 0 radical (unpaired) electrons. The first-order valence-corrected chi connectivity index (χ1v) is 11.7. The van der Waals surface area contributed by atoms with Gasteiger partial charge in [-0.3, -0.25) is 0 Å². The zero-order valence-corrected chi connectivity index (χ0v) is 17.1. The molecule has 3 heteroatoms. The molecular formula is C20H25BrOSi. The lowest BCUT2D eigenvalue weighted by Gasteiger charge is -2.28. The third-order valence-electron chi connectivity index (χ3n) is 4.35. The van der Waals surface area contributed by atoms with E-state index >= 15 is 0 Å². The molecule has 0 N–H and O–H groups in total. The molecule has 0 heterocycles. The highest BCUT2D eigenvalue weighted by atomic mass is 79.9. The lowest BCUT2D eigenvalue weighted by atomic mass is 10.1. The van der Waals surface area contributed by atoms with E-state index in [4.69, 9.17) is 4.74 Å². The number of halogens is 1. The van der Waals surface area contributed by atoms with E-state index in [2.05, 4.69) is 85.4 Å². The molecule has 2 aromatic carbocycles. The van der Waals surface area contributed by atoms with E-state index in [1.165, 1.54) is 5.56 Å². The van der Waals surface area contributed by atoms with E-state index in [-0.39, 0.29) is 0 Å². The Morgan fingerprint density at radius 2 is 1.61 bits per heavy atom. The van der Waals surface area contributed by atoms with Gasteiger partial charge in [0, 0.05) is 13.3 Å². The first-order valence-electron chi connectivity index (χ1n) is 8.03. The van der Waals surface area contributed by atoms with Crippen LogP contribution in [0.4, 0.5) is 0 Å². The van der Waals surface area contributed by atoms with Crippen molar-refractivity contribution in [3.63, 3.8) is 0 Å². The molecule has 1 nitrogen and oxygen atoms in total. The Bertz CT molecular complexity index is 677. The SMILES string of the molecule is C[SiH](C)C(C)(C)COc1cccc(/C=C/c2cccc(Br)c2)c1. The van der Waals surface area contributed by atoms with E-state index in [9.17, 15) is 0 Å². The Balaban J connectivity index is 2.05. The Kier molecular flexibility index (Phi) is 6.25. The van der Waals surface area contributed by atoms with Crippen molar-refractivity contribution in [3.8, 4) is 5.75 Å². The number of benzene rings is 2. The van der Waals surface area contributed by atoms with Crippen LogP contribution in [-0.2, 0) is 0 Å². The lowest BCUT2D eigenvalue weighted by Crippen LogP contribution is -2.27. The van der Waals surface area contributed by atoms with Gasteiger partial charge >= 0.3 is 0 Å². The first-order chi connectivity index (χ1) is 10.9. The molecule has 0 amide bonds. The van der Waals surface area contributed by atoms with Gasteiger partial charge in [0.1, 0.15) is 5.75 Å². The summed E-state index contributed by atoms with van der Waals surface area (Å²) in [5, 5.41) is 0.308. The lowest BCUT2D eigenvalue weighted by molar-refractivity contribution is 0.276. The number of ether oxygens (including phenoxy) is 1. The van der Waals surface area contributed by atoms with E-state index in [1.54, 1.807) is 0 Å². The van der Waals surface area contributed by atoms with E-state index in [1.807, 2.05) is 18.2 Å². The van der Waals surface area contributed by atoms with Gasteiger partial charge in [-0.25, -0.2) is 0 Å². The van der Waals surface area contributed by atoms with Crippen LogP contribution in [-0.4, -0.2) is 15.4 Å². The summed E-state index contributed by atoms with van der Waals surface area (Å²) < 4.78 is 7.13. The molecule has 0 unspecified atom stereocenters. The number of rotatable bonds is 6. The van der Waals surface area contributed by atoms with E-state index in [0.717, 1.165) is 22.4 Å². The topological polar surface area (TPSA) is 9.23 Å². The molecule has 0 spiro atoms. The summed E-state index contributed by atoms with van der Waals surface area (Å²) in [4.78, 5) is 0. The molecule has 23 heavy (non-hydrogen) atoms. The maximum absolute atomic E-state index is 6.04. The molecule has 0 aliphatic carbocycles. The van der Waals surface area contributed by atoms with Gasteiger partial charge in [-0.2, -0.15) is 0 Å². The predicted octanol–water partition coefficient (Wildman–Crippen LogP) is 6.27. The second kappa shape index (κ2) is 7.98. The normalized spacial score (nSPS) is 12.1. The summed E-state index contributed by atoms with van der Waals surface area (Å²) >= 11 is 3.50. The van der Waals surface area contributed by atoms with Gasteiger partial charge in [0.15, 0.2) is 0 Å². The van der Waals surface area contributed by atoms with Crippen molar-refractivity contribution in [2.24, 2.45) is 0 Å². The fourth-order valence-electron chi connectivity index (χ4n) is 1.95. The molecule has 0 aliphatic heterocycles. The Hall–Kier alpha value is -1.32. The summed E-state index contributed by atoms with van der Waals surface area (Å²) in [6, 6.07) is 16.6. The second-order valence-corrected chi connectivity index (χ2v) is 11.7. The van der Waals surface area contributed by atoms with Crippen molar-refractivity contribution >= 4 is 36.9 Å². The summed E-state index contributed by atoms with van der Waals surface area (Å²) in [5.41, 5.74) is 2.33. The molecule has 0 aliphatic rings.